The molecule has 0 bridgehead atoms. The van der Waals surface area contributed by atoms with Crippen LogP contribution in [0.3, 0.4) is 0 Å². The third kappa shape index (κ3) is 4.76. The predicted octanol–water partition coefficient (Wildman–Crippen LogP) is 2.09. The van der Waals surface area contributed by atoms with Gasteiger partial charge in [-0.3, -0.25) is 4.90 Å². The number of likely N-dealkylation sites (tertiary alicyclic amines) is 1. The summed E-state index contributed by atoms with van der Waals surface area (Å²) in [6, 6.07) is 3.97. The maximum Gasteiger partial charge on any atom is 0.252 e. The number of sulfonamides is 1. The van der Waals surface area contributed by atoms with Crippen LogP contribution in [0.25, 0.3) is 0 Å². The van der Waals surface area contributed by atoms with Crippen molar-refractivity contribution in [3.63, 3.8) is 0 Å². The summed E-state index contributed by atoms with van der Waals surface area (Å²) in [5.74, 6) is 0. The fourth-order valence-electron chi connectivity index (χ4n) is 3.05. The zero-order chi connectivity index (χ0) is 17.0. The molecule has 0 spiro atoms. The first-order valence-electron chi connectivity index (χ1n) is 8.30. The maximum atomic E-state index is 13.0. The fraction of sp³-hybridized carbons (Fsp3) is 0.750. The van der Waals surface area contributed by atoms with Gasteiger partial charge < -0.3 is 4.90 Å². The lowest BCUT2D eigenvalue weighted by Crippen LogP contribution is -2.45. The molecular weight excluding hydrogens is 330 g/mol. The minimum atomic E-state index is -3.40. The van der Waals surface area contributed by atoms with Crippen molar-refractivity contribution in [3.05, 3.63) is 17.0 Å². The first-order valence-corrected chi connectivity index (χ1v) is 10.6. The van der Waals surface area contributed by atoms with E-state index in [0.29, 0.717) is 23.3 Å². The molecule has 1 fully saturated rings. The van der Waals surface area contributed by atoms with Crippen molar-refractivity contribution in [3.8, 4) is 0 Å². The van der Waals surface area contributed by atoms with E-state index < -0.39 is 10.0 Å². The number of likely N-dealkylation sites (N-methyl/N-ethyl adjacent to an activating group) is 2. The highest BCUT2D eigenvalue weighted by molar-refractivity contribution is 7.91. The molecule has 0 amide bonds. The van der Waals surface area contributed by atoms with E-state index in [9.17, 15) is 8.42 Å². The van der Waals surface area contributed by atoms with Gasteiger partial charge in [0, 0.05) is 30.6 Å². The van der Waals surface area contributed by atoms with Gasteiger partial charge in [0.05, 0.1) is 0 Å². The van der Waals surface area contributed by atoms with Gasteiger partial charge in [-0.05, 0) is 59.1 Å². The van der Waals surface area contributed by atoms with Crippen LogP contribution in [0.4, 0.5) is 0 Å². The van der Waals surface area contributed by atoms with Crippen molar-refractivity contribution in [2.45, 2.75) is 36.9 Å². The van der Waals surface area contributed by atoms with E-state index in [0.717, 1.165) is 37.4 Å². The van der Waals surface area contributed by atoms with Crippen molar-refractivity contribution < 1.29 is 8.42 Å². The van der Waals surface area contributed by atoms with E-state index in [4.69, 9.17) is 0 Å². The molecule has 1 aromatic heterocycles. The number of nitrogens with zero attached hydrogens (tertiary/aromatic N) is 3. The molecule has 0 radical (unpaired) electrons. The molecule has 1 aromatic rings. The summed E-state index contributed by atoms with van der Waals surface area (Å²) in [6.07, 6.45) is 2.25. The fourth-order valence-corrected chi connectivity index (χ4v) is 5.96. The molecule has 2 heterocycles. The van der Waals surface area contributed by atoms with Gasteiger partial charge in [0.1, 0.15) is 4.21 Å². The Bertz CT molecular complexity index is 598. The largest absolute Gasteiger partial charge is 0.308 e. The van der Waals surface area contributed by atoms with E-state index in [1.807, 2.05) is 32.0 Å². The normalized spacial score (nSPS) is 20.0. The van der Waals surface area contributed by atoms with Gasteiger partial charge in [-0.1, -0.05) is 6.92 Å². The van der Waals surface area contributed by atoms with Crippen LogP contribution in [0.1, 0.15) is 24.6 Å². The van der Waals surface area contributed by atoms with Crippen LogP contribution in [0.2, 0.25) is 0 Å². The topological polar surface area (TPSA) is 43.9 Å². The van der Waals surface area contributed by atoms with Crippen molar-refractivity contribution in [1.29, 1.82) is 0 Å². The quantitative estimate of drug-likeness (QED) is 0.713. The van der Waals surface area contributed by atoms with E-state index >= 15 is 0 Å². The zero-order valence-corrected chi connectivity index (χ0v) is 16.3. The van der Waals surface area contributed by atoms with Gasteiger partial charge in [-0.2, -0.15) is 4.31 Å². The molecule has 0 aromatic carbocycles. The van der Waals surface area contributed by atoms with E-state index in [-0.39, 0.29) is 0 Å². The summed E-state index contributed by atoms with van der Waals surface area (Å²) in [5, 5.41) is 0. The first kappa shape index (κ1) is 18.9. The van der Waals surface area contributed by atoms with Gasteiger partial charge in [-0.15, -0.1) is 11.3 Å². The Kier molecular flexibility index (Phi) is 6.62. The van der Waals surface area contributed by atoms with E-state index in [1.54, 1.807) is 10.4 Å². The summed E-state index contributed by atoms with van der Waals surface area (Å²) >= 11 is 1.36. The molecule has 132 valence electrons. The number of aryl methyl sites for hydroxylation is 1. The van der Waals surface area contributed by atoms with E-state index in [1.165, 1.54) is 11.3 Å². The van der Waals surface area contributed by atoms with Crippen molar-refractivity contribution in [2.75, 3.05) is 46.8 Å². The molecule has 0 saturated carbocycles. The van der Waals surface area contributed by atoms with Crippen molar-refractivity contribution in [2.24, 2.45) is 0 Å². The molecule has 7 heteroatoms. The van der Waals surface area contributed by atoms with Crippen LogP contribution >= 0.6 is 11.3 Å². The lowest BCUT2D eigenvalue weighted by atomic mass is 10.2. The molecule has 0 unspecified atom stereocenters. The SMILES string of the molecule is CCN1CCC[C@H]1CN(CCN(C)C)S(=O)(=O)c1ccc(C)s1. The van der Waals surface area contributed by atoms with Crippen LogP contribution < -0.4 is 0 Å². The average molecular weight is 360 g/mol. The molecule has 1 atom stereocenters. The van der Waals surface area contributed by atoms with Gasteiger partial charge >= 0.3 is 0 Å². The first-order chi connectivity index (χ1) is 10.8. The Hall–Kier alpha value is -0.470. The predicted molar refractivity (Wildman–Crippen MR) is 96.6 cm³/mol. The number of hydrogen-bond donors (Lipinski definition) is 0. The van der Waals surface area contributed by atoms with Crippen LogP contribution in [-0.2, 0) is 10.0 Å². The smallest absolute Gasteiger partial charge is 0.252 e. The molecule has 1 aliphatic heterocycles. The van der Waals surface area contributed by atoms with Crippen molar-refractivity contribution in [1.82, 2.24) is 14.1 Å². The second-order valence-electron chi connectivity index (χ2n) is 6.46. The Morgan fingerprint density at radius 1 is 1.30 bits per heavy atom. The summed E-state index contributed by atoms with van der Waals surface area (Å²) < 4.78 is 28.2. The Labute approximate surface area is 144 Å². The maximum absolute atomic E-state index is 13.0. The molecule has 23 heavy (non-hydrogen) atoms. The lowest BCUT2D eigenvalue weighted by Gasteiger charge is -2.30. The highest BCUT2D eigenvalue weighted by Crippen LogP contribution is 2.26. The minimum absolute atomic E-state index is 0.345. The Balaban J connectivity index is 2.19. The van der Waals surface area contributed by atoms with Gasteiger partial charge in [0.25, 0.3) is 10.0 Å². The average Bonchev–Trinajstić information content (AvgIpc) is 3.11. The second-order valence-corrected chi connectivity index (χ2v) is 9.91. The highest BCUT2D eigenvalue weighted by Gasteiger charge is 2.32. The van der Waals surface area contributed by atoms with Gasteiger partial charge in [-0.25, -0.2) is 8.42 Å². The molecule has 1 aliphatic rings. The third-order valence-electron chi connectivity index (χ3n) is 4.43. The van der Waals surface area contributed by atoms with Crippen LogP contribution in [-0.4, -0.2) is 75.4 Å². The molecule has 0 N–H and O–H groups in total. The van der Waals surface area contributed by atoms with Crippen molar-refractivity contribution >= 4 is 21.4 Å². The molecule has 5 nitrogen and oxygen atoms in total. The zero-order valence-electron chi connectivity index (χ0n) is 14.7. The summed E-state index contributed by atoms with van der Waals surface area (Å²) in [6.45, 7) is 8.05. The van der Waals surface area contributed by atoms with Crippen LogP contribution in [0.15, 0.2) is 16.3 Å². The summed E-state index contributed by atoms with van der Waals surface area (Å²) in [4.78, 5) is 5.47. The number of hydrogen-bond acceptors (Lipinski definition) is 5. The molecule has 1 saturated heterocycles. The Morgan fingerprint density at radius 2 is 2.04 bits per heavy atom. The molecule has 0 aliphatic carbocycles. The van der Waals surface area contributed by atoms with Gasteiger partial charge in [0.15, 0.2) is 0 Å². The number of thiophene rings is 1. The second kappa shape index (κ2) is 8.07. The summed E-state index contributed by atoms with van der Waals surface area (Å²) in [7, 11) is 0.564. The van der Waals surface area contributed by atoms with Gasteiger partial charge in [0.2, 0.25) is 0 Å². The highest BCUT2D eigenvalue weighted by atomic mass is 32.2. The standard InChI is InChI=1S/C16H29N3O2S2/c1-5-18-10-6-7-15(18)13-19(12-11-17(3)4)23(20,21)16-9-8-14(2)22-16/h8-9,15H,5-7,10-13H2,1-4H3/t15-/m0/s1. The lowest BCUT2D eigenvalue weighted by molar-refractivity contribution is 0.220. The molecule has 2 rings (SSSR count). The molecular formula is C16H29N3O2S2. The monoisotopic (exact) mass is 359 g/mol. The summed E-state index contributed by atoms with van der Waals surface area (Å²) in [5.41, 5.74) is 0. The van der Waals surface area contributed by atoms with E-state index in [2.05, 4.69) is 11.8 Å². The Morgan fingerprint density at radius 3 is 2.61 bits per heavy atom. The third-order valence-corrected chi connectivity index (χ3v) is 7.76. The van der Waals surface area contributed by atoms with Crippen LogP contribution in [0, 0.1) is 6.92 Å². The number of rotatable bonds is 8. The minimum Gasteiger partial charge on any atom is -0.308 e. The van der Waals surface area contributed by atoms with Crippen LogP contribution in [0.5, 0.6) is 0 Å².